The average molecular weight is 651 g/mol. The Bertz CT molecular complexity index is 1490. The molecule has 1 spiro atoms. The molecule has 2 fully saturated rings. The standard InChI is InChI=1S/C33H42N4O6.2C2H6/c1-9-20-17-33(20)30(40)43-28(36-33)25-15-22(42-27-23-11-10-21(41-8)14-19(23)12-13-34-27)18-37(25)29(39)24(31(2,3)4)16-26(38)35-32(5,6)7;2*1-2/h9-14,20,22,24-25H,1,15-18H2,2-8H3,(H,35,38);2*1-2H3/t20?,22-,24?,25?,33-;;/m1../s1. The molecular weight excluding hydrogens is 596 g/mol. The van der Waals surface area contributed by atoms with Crippen molar-refractivity contribution in [3.63, 3.8) is 0 Å². The van der Waals surface area contributed by atoms with Crippen LogP contribution in [0.25, 0.3) is 10.8 Å². The van der Waals surface area contributed by atoms with Gasteiger partial charge in [-0.3, -0.25) is 9.59 Å². The van der Waals surface area contributed by atoms with Crippen LogP contribution in [0, 0.1) is 17.3 Å². The minimum atomic E-state index is -0.947. The molecule has 5 atom stereocenters. The van der Waals surface area contributed by atoms with Crippen molar-refractivity contribution in [2.24, 2.45) is 22.2 Å². The molecule has 0 radical (unpaired) electrons. The monoisotopic (exact) mass is 650 g/mol. The third-order valence-corrected chi connectivity index (χ3v) is 8.42. The van der Waals surface area contributed by atoms with Gasteiger partial charge in [-0.1, -0.05) is 54.5 Å². The Morgan fingerprint density at radius 1 is 1.15 bits per heavy atom. The molecule has 1 aliphatic carbocycles. The number of nitrogens with one attached hydrogen (secondary N) is 1. The molecule has 3 aliphatic rings. The molecule has 258 valence electrons. The van der Waals surface area contributed by atoms with Crippen molar-refractivity contribution in [3.8, 4) is 11.6 Å². The number of nitrogens with zero attached hydrogens (tertiary/aromatic N) is 3. The van der Waals surface area contributed by atoms with Gasteiger partial charge in [-0.25, -0.2) is 14.8 Å². The fourth-order valence-electron chi connectivity index (χ4n) is 6.00. The smallest absolute Gasteiger partial charge is 0.341 e. The summed E-state index contributed by atoms with van der Waals surface area (Å²) >= 11 is 0. The molecule has 1 aromatic heterocycles. The van der Waals surface area contributed by atoms with E-state index >= 15 is 0 Å². The van der Waals surface area contributed by atoms with Gasteiger partial charge in [-0.15, -0.1) is 6.58 Å². The molecule has 2 aromatic rings. The fourth-order valence-corrected chi connectivity index (χ4v) is 6.00. The number of esters is 1. The lowest BCUT2D eigenvalue weighted by molar-refractivity contribution is -0.143. The third kappa shape index (κ3) is 8.32. The van der Waals surface area contributed by atoms with E-state index in [0.29, 0.717) is 18.7 Å². The second-order valence-electron chi connectivity index (χ2n) is 13.9. The zero-order valence-electron chi connectivity index (χ0n) is 30.1. The van der Waals surface area contributed by atoms with E-state index in [1.165, 1.54) is 0 Å². The summed E-state index contributed by atoms with van der Waals surface area (Å²) in [5, 5.41) is 4.70. The average Bonchev–Trinajstić information content (AvgIpc) is 3.43. The summed E-state index contributed by atoms with van der Waals surface area (Å²) in [6.07, 6.45) is 3.86. The highest BCUT2D eigenvalue weighted by Crippen LogP contribution is 2.52. The van der Waals surface area contributed by atoms with Gasteiger partial charge in [0.1, 0.15) is 17.9 Å². The van der Waals surface area contributed by atoms with E-state index in [4.69, 9.17) is 19.2 Å². The summed E-state index contributed by atoms with van der Waals surface area (Å²) in [4.78, 5) is 51.2. The second-order valence-corrected chi connectivity index (χ2v) is 13.9. The Hall–Kier alpha value is -3.95. The van der Waals surface area contributed by atoms with Crippen LogP contribution in [0.2, 0.25) is 0 Å². The topological polar surface area (TPSA) is 119 Å². The zero-order chi connectivity index (χ0) is 35.3. The van der Waals surface area contributed by atoms with Gasteiger partial charge in [0.2, 0.25) is 23.6 Å². The number of amides is 2. The molecule has 0 bridgehead atoms. The van der Waals surface area contributed by atoms with Gasteiger partial charge in [0.25, 0.3) is 0 Å². The molecule has 3 heterocycles. The van der Waals surface area contributed by atoms with Gasteiger partial charge >= 0.3 is 5.97 Å². The van der Waals surface area contributed by atoms with Crippen molar-refractivity contribution in [3.05, 3.63) is 43.1 Å². The molecule has 2 aliphatic heterocycles. The van der Waals surface area contributed by atoms with Crippen LogP contribution in [0.4, 0.5) is 0 Å². The number of likely N-dealkylation sites (tertiary alicyclic amines) is 1. The number of ether oxygens (including phenoxy) is 3. The normalized spacial score (nSPS) is 23.8. The Balaban J connectivity index is 0.00000144. The van der Waals surface area contributed by atoms with Gasteiger partial charge in [0.15, 0.2) is 5.54 Å². The van der Waals surface area contributed by atoms with Crippen molar-refractivity contribution in [2.75, 3.05) is 13.7 Å². The predicted molar refractivity (Wildman–Crippen MR) is 186 cm³/mol. The number of aliphatic imine (C=N–C) groups is 1. The minimum Gasteiger partial charge on any atom is -0.497 e. The first-order valence-corrected chi connectivity index (χ1v) is 16.8. The molecule has 1 aromatic carbocycles. The van der Waals surface area contributed by atoms with E-state index in [0.717, 1.165) is 16.5 Å². The van der Waals surface area contributed by atoms with Crippen LogP contribution in [0.1, 0.15) is 88.5 Å². The van der Waals surface area contributed by atoms with Crippen LogP contribution < -0.4 is 14.8 Å². The summed E-state index contributed by atoms with van der Waals surface area (Å²) in [6, 6.07) is 6.90. The SMILES string of the molecule is C=CC1C[C@@]12N=C(C1C[C@@H](Oc3nccc4cc(OC)ccc34)CN1C(=O)C(CC(=O)NC(C)(C)C)C(C)(C)C)OC2=O.CC.CC. The number of aromatic nitrogens is 1. The van der Waals surface area contributed by atoms with Crippen LogP contribution >= 0.6 is 0 Å². The first-order chi connectivity index (χ1) is 22.1. The predicted octanol–water partition coefficient (Wildman–Crippen LogP) is 6.51. The molecule has 1 saturated carbocycles. The Labute approximate surface area is 280 Å². The van der Waals surface area contributed by atoms with Crippen LogP contribution in [-0.2, 0) is 19.1 Å². The summed E-state index contributed by atoms with van der Waals surface area (Å²) in [5.41, 5.74) is -1.90. The van der Waals surface area contributed by atoms with Crippen LogP contribution in [0.3, 0.4) is 0 Å². The van der Waals surface area contributed by atoms with E-state index < -0.39 is 40.5 Å². The Morgan fingerprint density at radius 3 is 2.40 bits per heavy atom. The number of carbonyl (C=O) groups excluding carboxylic acids is 3. The van der Waals surface area contributed by atoms with Crippen LogP contribution in [-0.4, -0.2) is 70.4 Å². The van der Waals surface area contributed by atoms with Gasteiger partial charge in [0, 0.05) is 35.9 Å². The highest BCUT2D eigenvalue weighted by molar-refractivity contribution is 6.05. The number of hydrogen-bond donors (Lipinski definition) is 1. The minimum absolute atomic E-state index is 0.0236. The molecule has 5 rings (SSSR count). The van der Waals surface area contributed by atoms with Crippen LogP contribution in [0.15, 0.2) is 48.1 Å². The number of cyclic esters (lactones) is 1. The lowest BCUT2D eigenvalue weighted by atomic mass is 9.77. The number of fused-ring (bicyclic) bond motifs is 1. The highest BCUT2D eigenvalue weighted by atomic mass is 16.6. The third-order valence-electron chi connectivity index (χ3n) is 8.42. The summed E-state index contributed by atoms with van der Waals surface area (Å²) < 4.78 is 17.6. The first-order valence-electron chi connectivity index (χ1n) is 16.8. The fraction of sp³-hybridized carbons (Fsp3) is 0.595. The van der Waals surface area contributed by atoms with E-state index in [9.17, 15) is 14.4 Å². The molecule has 1 N–H and O–H groups in total. The van der Waals surface area contributed by atoms with Gasteiger partial charge in [0.05, 0.1) is 19.6 Å². The first kappa shape index (κ1) is 37.5. The van der Waals surface area contributed by atoms with E-state index in [1.807, 2.05) is 93.5 Å². The molecule has 10 nitrogen and oxygen atoms in total. The van der Waals surface area contributed by atoms with Gasteiger partial charge in [-0.2, -0.15) is 0 Å². The van der Waals surface area contributed by atoms with Crippen molar-refractivity contribution in [1.82, 2.24) is 15.2 Å². The number of methoxy groups -OCH3 is 1. The van der Waals surface area contributed by atoms with E-state index in [2.05, 4.69) is 16.9 Å². The van der Waals surface area contributed by atoms with Crippen LogP contribution in [0.5, 0.6) is 11.6 Å². The number of benzene rings is 1. The zero-order valence-corrected chi connectivity index (χ0v) is 30.1. The van der Waals surface area contributed by atoms with E-state index in [-0.39, 0.29) is 36.6 Å². The van der Waals surface area contributed by atoms with Crippen molar-refractivity contribution in [1.29, 1.82) is 0 Å². The summed E-state index contributed by atoms with van der Waals surface area (Å²) in [7, 11) is 1.61. The number of carbonyl (C=O) groups is 3. The van der Waals surface area contributed by atoms with E-state index in [1.54, 1.807) is 24.3 Å². The number of pyridine rings is 1. The summed E-state index contributed by atoms with van der Waals surface area (Å²) in [5.74, 6) is -0.163. The van der Waals surface area contributed by atoms with Gasteiger partial charge in [-0.05, 0) is 62.3 Å². The molecule has 2 amide bonds. The highest BCUT2D eigenvalue weighted by Gasteiger charge is 2.65. The number of rotatable bonds is 8. The molecular formula is C37H54N4O6. The lowest BCUT2D eigenvalue weighted by Gasteiger charge is -2.35. The van der Waals surface area contributed by atoms with Crippen molar-refractivity contribution < 1.29 is 28.6 Å². The molecule has 47 heavy (non-hydrogen) atoms. The Kier molecular flexibility index (Phi) is 11.9. The molecule has 10 heteroatoms. The maximum atomic E-state index is 14.4. The maximum Gasteiger partial charge on any atom is 0.341 e. The molecule has 3 unspecified atom stereocenters. The second kappa shape index (κ2) is 14.9. The Morgan fingerprint density at radius 2 is 1.83 bits per heavy atom. The van der Waals surface area contributed by atoms with Crippen molar-refractivity contribution in [2.45, 2.75) is 112 Å². The van der Waals surface area contributed by atoms with Gasteiger partial charge < -0.3 is 24.4 Å². The largest absolute Gasteiger partial charge is 0.497 e. The summed E-state index contributed by atoms with van der Waals surface area (Å²) in [6.45, 7) is 23.6. The number of hydrogen-bond acceptors (Lipinski definition) is 8. The quantitative estimate of drug-likeness (QED) is 0.256. The lowest BCUT2D eigenvalue weighted by Crippen LogP contribution is -2.49. The van der Waals surface area contributed by atoms with Crippen molar-refractivity contribution >= 4 is 34.5 Å². The molecule has 1 saturated heterocycles. The maximum absolute atomic E-state index is 14.4.